The first-order chi connectivity index (χ1) is 7.25. The molecule has 1 fully saturated rings. The molecule has 0 spiro atoms. The Hall–Kier alpha value is -0.970. The molecule has 1 aliphatic rings. The molecule has 0 amide bonds. The summed E-state index contributed by atoms with van der Waals surface area (Å²) in [6.45, 7) is 7.33. The maximum absolute atomic E-state index is 4.44. The third-order valence-corrected chi connectivity index (χ3v) is 2.70. The van der Waals surface area contributed by atoms with Crippen molar-refractivity contribution in [2.24, 2.45) is 5.92 Å². The van der Waals surface area contributed by atoms with Crippen LogP contribution in [0.4, 0.5) is 0 Å². The summed E-state index contributed by atoms with van der Waals surface area (Å²) < 4.78 is 0. The van der Waals surface area contributed by atoms with E-state index in [1.807, 2.05) is 0 Å². The summed E-state index contributed by atoms with van der Waals surface area (Å²) in [5.41, 5.74) is 0. The lowest BCUT2D eigenvalue weighted by molar-refractivity contribution is 0.418. The minimum atomic E-state index is 0.507. The molecule has 1 saturated heterocycles. The molecule has 2 rings (SSSR count). The lowest BCUT2D eigenvalue weighted by Gasteiger charge is -2.19. The van der Waals surface area contributed by atoms with E-state index < -0.39 is 0 Å². The van der Waals surface area contributed by atoms with Gasteiger partial charge in [-0.25, -0.2) is 0 Å². The number of tetrazole rings is 1. The van der Waals surface area contributed by atoms with Crippen LogP contribution in [0.2, 0.25) is 0 Å². The Kier molecular flexibility index (Phi) is 3.30. The Morgan fingerprint density at radius 2 is 2.13 bits per heavy atom. The molecule has 0 saturated carbocycles. The molecular weight excluding hydrogens is 190 g/mol. The van der Waals surface area contributed by atoms with Crippen molar-refractivity contribution in [2.45, 2.75) is 39.2 Å². The van der Waals surface area contributed by atoms with Crippen molar-refractivity contribution in [2.75, 3.05) is 13.1 Å². The van der Waals surface area contributed by atoms with E-state index in [-0.39, 0.29) is 0 Å². The average molecular weight is 209 g/mol. The lowest BCUT2D eigenvalue weighted by atomic mass is 9.98. The third kappa shape index (κ3) is 2.75. The smallest absolute Gasteiger partial charge is 0.177 e. The summed E-state index contributed by atoms with van der Waals surface area (Å²) in [5.74, 6) is 2.00. The van der Waals surface area contributed by atoms with Gasteiger partial charge in [0.15, 0.2) is 5.82 Å². The van der Waals surface area contributed by atoms with Crippen LogP contribution in [0.5, 0.6) is 0 Å². The van der Waals surface area contributed by atoms with Crippen molar-refractivity contribution in [1.82, 2.24) is 25.5 Å². The number of nitrogens with one attached hydrogen (secondary N) is 1. The van der Waals surface area contributed by atoms with E-state index >= 15 is 0 Å². The van der Waals surface area contributed by atoms with E-state index in [0.29, 0.717) is 11.8 Å². The minimum absolute atomic E-state index is 0.507. The van der Waals surface area contributed by atoms with E-state index in [9.17, 15) is 0 Å². The van der Waals surface area contributed by atoms with Gasteiger partial charge in [-0.15, -0.1) is 10.2 Å². The molecule has 1 aliphatic heterocycles. The van der Waals surface area contributed by atoms with Gasteiger partial charge >= 0.3 is 0 Å². The lowest BCUT2D eigenvalue weighted by Crippen LogP contribution is -2.27. The van der Waals surface area contributed by atoms with Crippen molar-refractivity contribution < 1.29 is 0 Å². The molecule has 0 bridgehead atoms. The number of piperidine rings is 1. The van der Waals surface area contributed by atoms with Gasteiger partial charge < -0.3 is 5.32 Å². The van der Waals surface area contributed by atoms with E-state index in [1.165, 1.54) is 0 Å². The predicted molar refractivity (Wildman–Crippen MR) is 57.5 cm³/mol. The Balaban J connectivity index is 1.99. The number of rotatable bonds is 3. The van der Waals surface area contributed by atoms with Gasteiger partial charge in [0.25, 0.3) is 0 Å². The molecular formula is C10H19N5. The van der Waals surface area contributed by atoms with Crippen LogP contribution in [0.3, 0.4) is 0 Å². The fourth-order valence-electron chi connectivity index (χ4n) is 1.90. The number of hydrogen-bond donors (Lipinski definition) is 1. The average Bonchev–Trinajstić information content (AvgIpc) is 2.67. The standard InChI is InChI=1S/C10H19N5/c1-8(2)7-15-13-10(12-14-15)9-3-5-11-6-4-9/h8-9,11H,3-7H2,1-2H3. The molecule has 0 atom stereocenters. The molecule has 1 N–H and O–H groups in total. The van der Waals surface area contributed by atoms with Gasteiger partial charge in [-0.1, -0.05) is 13.8 Å². The highest BCUT2D eigenvalue weighted by molar-refractivity contribution is 4.93. The van der Waals surface area contributed by atoms with E-state index in [0.717, 1.165) is 38.3 Å². The molecule has 5 nitrogen and oxygen atoms in total. The second-order valence-electron chi connectivity index (χ2n) is 4.62. The van der Waals surface area contributed by atoms with Gasteiger partial charge in [-0.2, -0.15) is 4.80 Å². The van der Waals surface area contributed by atoms with Crippen molar-refractivity contribution in [3.63, 3.8) is 0 Å². The highest BCUT2D eigenvalue weighted by atomic mass is 15.6. The van der Waals surface area contributed by atoms with E-state index in [2.05, 4.69) is 34.6 Å². The zero-order valence-electron chi connectivity index (χ0n) is 9.48. The van der Waals surface area contributed by atoms with Crippen LogP contribution < -0.4 is 5.32 Å². The van der Waals surface area contributed by atoms with Crippen LogP contribution in [0, 0.1) is 5.92 Å². The quantitative estimate of drug-likeness (QED) is 0.800. The molecule has 2 heterocycles. The second-order valence-corrected chi connectivity index (χ2v) is 4.62. The first-order valence-electron chi connectivity index (χ1n) is 5.74. The van der Waals surface area contributed by atoms with E-state index in [1.54, 1.807) is 4.80 Å². The summed E-state index contributed by atoms with van der Waals surface area (Å²) >= 11 is 0. The third-order valence-electron chi connectivity index (χ3n) is 2.70. The second kappa shape index (κ2) is 4.70. The number of hydrogen-bond acceptors (Lipinski definition) is 4. The maximum atomic E-state index is 4.44. The molecule has 5 heteroatoms. The zero-order chi connectivity index (χ0) is 10.7. The monoisotopic (exact) mass is 209 g/mol. The molecule has 0 unspecified atom stereocenters. The molecule has 1 aromatic heterocycles. The normalized spacial score (nSPS) is 18.6. The number of nitrogens with zero attached hydrogens (tertiary/aromatic N) is 4. The highest BCUT2D eigenvalue weighted by Crippen LogP contribution is 2.20. The van der Waals surface area contributed by atoms with Crippen LogP contribution in [0.15, 0.2) is 0 Å². The van der Waals surface area contributed by atoms with Crippen molar-refractivity contribution in [3.8, 4) is 0 Å². The van der Waals surface area contributed by atoms with E-state index in [4.69, 9.17) is 0 Å². The summed E-state index contributed by atoms with van der Waals surface area (Å²) in [5, 5.41) is 16.0. The van der Waals surface area contributed by atoms with Crippen molar-refractivity contribution >= 4 is 0 Å². The topological polar surface area (TPSA) is 55.6 Å². The summed E-state index contributed by atoms with van der Waals surface area (Å²) in [6, 6.07) is 0. The summed E-state index contributed by atoms with van der Waals surface area (Å²) in [7, 11) is 0. The minimum Gasteiger partial charge on any atom is -0.317 e. The largest absolute Gasteiger partial charge is 0.317 e. The number of aromatic nitrogens is 4. The Morgan fingerprint density at radius 1 is 1.40 bits per heavy atom. The van der Waals surface area contributed by atoms with Crippen LogP contribution in [-0.4, -0.2) is 33.3 Å². The fraction of sp³-hybridized carbons (Fsp3) is 0.900. The van der Waals surface area contributed by atoms with Crippen molar-refractivity contribution in [1.29, 1.82) is 0 Å². The maximum Gasteiger partial charge on any atom is 0.177 e. The summed E-state index contributed by atoms with van der Waals surface area (Å²) in [4.78, 5) is 1.72. The van der Waals surface area contributed by atoms with Crippen LogP contribution in [0.1, 0.15) is 38.4 Å². The molecule has 1 aromatic rings. The Morgan fingerprint density at radius 3 is 2.80 bits per heavy atom. The van der Waals surface area contributed by atoms with Gasteiger partial charge in [0.05, 0.1) is 6.54 Å². The van der Waals surface area contributed by atoms with Gasteiger partial charge in [-0.3, -0.25) is 0 Å². The predicted octanol–water partition coefficient (Wildman–Crippen LogP) is 0.796. The zero-order valence-corrected chi connectivity index (χ0v) is 9.48. The Bertz CT molecular complexity index is 301. The molecule has 84 valence electrons. The van der Waals surface area contributed by atoms with Gasteiger partial charge in [-0.05, 0) is 37.1 Å². The van der Waals surface area contributed by atoms with Crippen molar-refractivity contribution in [3.05, 3.63) is 5.82 Å². The highest BCUT2D eigenvalue weighted by Gasteiger charge is 2.19. The van der Waals surface area contributed by atoms with Crippen LogP contribution >= 0.6 is 0 Å². The first-order valence-corrected chi connectivity index (χ1v) is 5.74. The van der Waals surface area contributed by atoms with Gasteiger partial charge in [0, 0.05) is 5.92 Å². The Labute approximate surface area is 90.2 Å². The molecule has 15 heavy (non-hydrogen) atoms. The fourth-order valence-corrected chi connectivity index (χ4v) is 1.90. The van der Waals surface area contributed by atoms with Crippen LogP contribution in [-0.2, 0) is 6.54 Å². The first kappa shape index (κ1) is 10.5. The molecule has 0 radical (unpaired) electrons. The van der Waals surface area contributed by atoms with Gasteiger partial charge in [0.2, 0.25) is 0 Å². The summed E-state index contributed by atoms with van der Waals surface area (Å²) in [6.07, 6.45) is 2.26. The van der Waals surface area contributed by atoms with Crippen LogP contribution in [0.25, 0.3) is 0 Å². The molecule has 0 aliphatic carbocycles. The SMILES string of the molecule is CC(C)Cn1nnc(C2CCNCC2)n1. The molecule has 0 aromatic carbocycles. The van der Waals surface area contributed by atoms with Gasteiger partial charge in [0.1, 0.15) is 0 Å².